The van der Waals surface area contributed by atoms with Crippen LogP contribution in [0.2, 0.25) is 0 Å². The summed E-state index contributed by atoms with van der Waals surface area (Å²) >= 11 is 0. The van der Waals surface area contributed by atoms with E-state index in [1.165, 1.54) is 6.92 Å². The summed E-state index contributed by atoms with van der Waals surface area (Å²) in [5.41, 5.74) is 1.32. The first-order valence-corrected chi connectivity index (χ1v) is 5.80. The number of hydrogen-bond donors (Lipinski definition) is 3. The van der Waals surface area contributed by atoms with Gasteiger partial charge >= 0.3 is 5.97 Å². The van der Waals surface area contributed by atoms with Gasteiger partial charge in [-0.25, -0.2) is 4.79 Å². The SMILES string of the molecule is CC(=N)/C(C(=O)O)=C(\O)Cc1ccc(N(C)C)cc1. The fourth-order valence-corrected chi connectivity index (χ4v) is 1.69. The first-order valence-electron chi connectivity index (χ1n) is 5.80. The number of rotatable bonds is 5. The van der Waals surface area contributed by atoms with Crippen molar-refractivity contribution in [2.24, 2.45) is 0 Å². The van der Waals surface area contributed by atoms with E-state index in [9.17, 15) is 9.90 Å². The standard InChI is InChI=1S/C14H18N2O3/c1-9(15)13(14(18)19)12(17)8-10-4-6-11(7-5-10)16(2)3/h4-7,15,17H,8H2,1-3H3,(H,18,19)/b13-12+,15-9?. The molecule has 0 bridgehead atoms. The quantitative estimate of drug-likeness (QED) is 0.431. The van der Waals surface area contributed by atoms with Crippen LogP contribution in [0, 0.1) is 5.41 Å². The first-order chi connectivity index (χ1) is 8.82. The molecule has 0 amide bonds. The molecule has 0 aromatic heterocycles. The molecular formula is C14H18N2O3. The Morgan fingerprint density at radius 2 is 1.74 bits per heavy atom. The zero-order chi connectivity index (χ0) is 14.6. The molecule has 0 saturated carbocycles. The topological polar surface area (TPSA) is 84.6 Å². The smallest absolute Gasteiger partial charge is 0.340 e. The lowest BCUT2D eigenvalue weighted by Gasteiger charge is -2.13. The number of carboxylic acid groups (broad SMARTS) is 1. The average molecular weight is 262 g/mol. The van der Waals surface area contributed by atoms with Crippen LogP contribution >= 0.6 is 0 Å². The number of allylic oxidation sites excluding steroid dienone is 1. The molecule has 5 heteroatoms. The number of hydrogen-bond acceptors (Lipinski definition) is 4. The molecule has 0 aliphatic heterocycles. The Balaban J connectivity index is 2.98. The summed E-state index contributed by atoms with van der Waals surface area (Å²) in [5, 5.41) is 26.1. The van der Waals surface area contributed by atoms with Crippen molar-refractivity contribution < 1.29 is 15.0 Å². The molecule has 3 N–H and O–H groups in total. The molecule has 0 aliphatic rings. The van der Waals surface area contributed by atoms with Crippen LogP contribution in [0.15, 0.2) is 35.6 Å². The molecule has 0 heterocycles. The molecule has 0 radical (unpaired) electrons. The lowest BCUT2D eigenvalue weighted by atomic mass is 10.0. The molecule has 0 aliphatic carbocycles. The molecule has 102 valence electrons. The van der Waals surface area contributed by atoms with Gasteiger partial charge in [-0.2, -0.15) is 0 Å². The van der Waals surface area contributed by atoms with Crippen molar-refractivity contribution in [1.29, 1.82) is 5.41 Å². The molecule has 0 unspecified atom stereocenters. The highest BCUT2D eigenvalue weighted by Crippen LogP contribution is 2.16. The predicted molar refractivity (Wildman–Crippen MR) is 75.2 cm³/mol. The van der Waals surface area contributed by atoms with E-state index >= 15 is 0 Å². The summed E-state index contributed by atoms with van der Waals surface area (Å²) in [7, 11) is 3.85. The number of anilines is 1. The summed E-state index contributed by atoms with van der Waals surface area (Å²) in [6.45, 7) is 1.34. The van der Waals surface area contributed by atoms with Gasteiger partial charge in [-0.15, -0.1) is 0 Å². The van der Waals surface area contributed by atoms with Gasteiger partial charge in [0.2, 0.25) is 0 Å². The molecule has 0 spiro atoms. The largest absolute Gasteiger partial charge is 0.511 e. The van der Waals surface area contributed by atoms with Gasteiger partial charge < -0.3 is 20.5 Å². The maximum atomic E-state index is 11.0. The Labute approximate surface area is 112 Å². The van der Waals surface area contributed by atoms with Gasteiger partial charge in [0.05, 0.1) is 0 Å². The summed E-state index contributed by atoms with van der Waals surface area (Å²) in [6.07, 6.45) is 0.103. The first kappa shape index (κ1) is 14.8. The number of aliphatic hydroxyl groups is 1. The molecule has 1 aromatic carbocycles. The van der Waals surface area contributed by atoms with Crippen molar-refractivity contribution in [1.82, 2.24) is 0 Å². The van der Waals surface area contributed by atoms with Crippen molar-refractivity contribution in [2.45, 2.75) is 13.3 Å². The van der Waals surface area contributed by atoms with Crippen LogP contribution in [-0.2, 0) is 11.2 Å². The lowest BCUT2D eigenvalue weighted by Crippen LogP contribution is -2.13. The van der Waals surface area contributed by atoms with E-state index in [4.69, 9.17) is 10.5 Å². The highest BCUT2D eigenvalue weighted by atomic mass is 16.4. The number of carboxylic acids is 1. The number of benzene rings is 1. The van der Waals surface area contributed by atoms with Crippen LogP contribution in [-0.4, -0.2) is 36.0 Å². The fraction of sp³-hybridized carbons (Fsp3) is 0.286. The van der Waals surface area contributed by atoms with Gasteiger partial charge in [0.1, 0.15) is 11.3 Å². The van der Waals surface area contributed by atoms with Crippen LogP contribution in [0.5, 0.6) is 0 Å². The Hall–Kier alpha value is -2.30. The van der Waals surface area contributed by atoms with E-state index < -0.39 is 5.97 Å². The van der Waals surface area contributed by atoms with E-state index in [-0.39, 0.29) is 23.5 Å². The second-order valence-electron chi connectivity index (χ2n) is 4.49. The van der Waals surface area contributed by atoms with E-state index in [0.29, 0.717) is 0 Å². The minimum Gasteiger partial charge on any atom is -0.511 e. The second-order valence-corrected chi connectivity index (χ2v) is 4.49. The van der Waals surface area contributed by atoms with Crippen molar-refractivity contribution in [3.8, 4) is 0 Å². The van der Waals surface area contributed by atoms with Gasteiger partial charge in [0.15, 0.2) is 0 Å². The Bertz CT molecular complexity index is 500. The third-order valence-electron chi connectivity index (χ3n) is 2.70. The summed E-state index contributed by atoms with van der Waals surface area (Å²) in [4.78, 5) is 12.9. The fourth-order valence-electron chi connectivity index (χ4n) is 1.69. The Morgan fingerprint density at radius 1 is 1.21 bits per heavy atom. The van der Waals surface area contributed by atoms with Crippen molar-refractivity contribution >= 4 is 17.4 Å². The summed E-state index contributed by atoms with van der Waals surface area (Å²) in [6, 6.07) is 7.43. The van der Waals surface area contributed by atoms with Crippen molar-refractivity contribution in [2.75, 3.05) is 19.0 Å². The third-order valence-corrected chi connectivity index (χ3v) is 2.70. The van der Waals surface area contributed by atoms with Gasteiger partial charge in [-0.05, 0) is 24.6 Å². The van der Waals surface area contributed by atoms with Gasteiger partial charge in [-0.1, -0.05) is 12.1 Å². The molecule has 5 nitrogen and oxygen atoms in total. The summed E-state index contributed by atoms with van der Waals surface area (Å²) < 4.78 is 0. The van der Waals surface area contributed by atoms with E-state index in [2.05, 4.69) is 0 Å². The number of carbonyl (C=O) groups is 1. The zero-order valence-electron chi connectivity index (χ0n) is 11.3. The van der Waals surface area contributed by atoms with Crippen molar-refractivity contribution in [3.63, 3.8) is 0 Å². The van der Waals surface area contributed by atoms with E-state index in [0.717, 1.165) is 11.3 Å². The third kappa shape index (κ3) is 3.84. The highest BCUT2D eigenvalue weighted by molar-refractivity contribution is 6.17. The van der Waals surface area contributed by atoms with Crippen LogP contribution < -0.4 is 4.90 Å². The van der Waals surface area contributed by atoms with E-state index in [1.807, 2.05) is 43.3 Å². The number of aliphatic hydroxyl groups excluding tert-OH is 1. The Kier molecular flexibility index (Phi) is 4.69. The zero-order valence-corrected chi connectivity index (χ0v) is 11.3. The van der Waals surface area contributed by atoms with Crippen LogP contribution in [0.3, 0.4) is 0 Å². The molecule has 19 heavy (non-hydrogen) atoms. The van der Waals surface area contributed by atoms with Gasteiger partial charge in [0, 0.05) is 31.9 Å². The number of nitrogens with zero attached hydrogens (tertiary/aromatic N) is 1. The minimum atomic E-state index is -1.28. The molecule has 0 saturated heterocycles. The van der Waals surface area contributed by atoms with E-state index in [1.54, 1.807) is 0 Å². The Morgan fingerprint density at radius 3 is 2.11 bits per heavy atom. The van der Waals surface area contributed by atoms with Crippen LogP contribution in [0.4, 0.5) is 5.69 Å². The van der Waals surface area contributed by atoms with Crippen molar-refractivity contribution in [3.05, 3.63) is 41.2 Å². The van der Waals surface area contributed by atoms with Gasteiger partial charge in [0.25, 0.3) is 0 Å². The monoisotopic (exact) mass is 262 g/mol. The molecule has 1 aromatic rings. The molecule has 1 rings (SSSR count). The summed E-state index contributed by atoms with van der Waals surface area (Å²) in [5.74, 6) is -1.58. The molecule has 0 fully saturated rings. The molecular weight excluding hydrogens is 244 g/mol. The maximum Gasteiger partial charge on any atom is 0.340 e. The molecule has 0 atom stereocenters. The van der Waals surface area contributed by atoms with Gasteiger partial charge in [-0.3, -0.25) is 0 Å². The number of aliphatic carboxylic acids is 1. The lowest BCUT2D eigenvalue weighted by molar-refractivity contribution is -0.132. The number of nitrogens with one attached hydrogen (secondary N) is 1. The normalized spacial score (nSPS) is 11.7. The predicted octanol–water partition coefficient (Wildman–Crippen LogP) is 2.23. The van der Waals surface area contributed by atoms with Crippen LogP contribution in [0.1, 0.15) is 12.5 Å². The average Bonchev–Trinajstić information content (AvgIpc) is 2.28. The second kappa shape index (κ2) is 6.04. The maximum absolute atomic E-state index is 11.0. The highest BCUT2D eigenvalue weighted by Gasteiger charge is 2.16. The minimum absolute atomic E-state index is 0.103. The van der Waals surface area contributed by atoms with Crippen LogP contribution in [0.25, 0.3) is 0 Å².